The number of hydrogen-bond acceptors (Lipinski definition) is 5. The molecule has 1 aliphatic rings. The van der Waals surface area contributed by atoms with Crippen molar-refractivity contribution in [2.45, 2.75) is 52.4 Å². The summed E-state index contributed by atoms with van der Waals surface area (Å²) in [6.07, 6.45) is 9.65. The number of benzene rings is 1. The highest BCUT2D eigenvalue weighted by atomic mass is 32.1. The standard InChI is InChI=1S/C24H25N3OS/c1-15-12-17(22-18-6-5-7-19(18)26-14-27-22)9-8-16(15)10-11-20(28)21-13-25-23(29-21)24(2,3)4/h5,7-9,12-14H,6,10-11H2,1-4H3. The molecule has 0 atom stereocenters. The largest absolute Gasteiger partial charge is 0.293 e. The van der Waals surface area contributed by atoms with Crippen LogP contribution in [0.25, 0.3) is 17.3 Å². The van der Waals surface area contributed by atoms with Crippen LogP contribution in [0.5, 0.6) is 0 Å². The van der Waals surface area contributed by atoms with Gasteiger partial charge in [-0.15, -0.1) is 11.3 Å². The van der Waals surface area contributed by atoms with Crippen LogP contribution in [-0.2, 0) is 18.3 Å². The van der Waals surface area contributed by atoms with Crippen molar-refractivity contribution in [2.75, 3.05) is 0 Å². The van der Waals surface area contributed by atoms with Gasteiger partial charge in [0.05, 0.1) is 21.3 Å². The van der Waals surface area contributed by atoms with E-state index >= 15 is 0 Å². The number of rotatable bonds is 5. The summed E-state index contributed by atoms with van der Waals surface area (Å²) < 4.78 is 0. The smallest absolute Gasteiger partial charge is 0.174 e. The third kappa shape index (κ3) is 4.06. The number of aromatic nitrogens is 3. The Kier molecular flexibility index (Phi) is 5.17. The predicted octanol–water partition coefficient (Wildman–Crippen LogP) is 5.59. The molecule has 0 saturated heterocycles. The molecule has 0 amide bonds. The van der Waals surface area contributed by atoms with Crippen molar-refractivity contribution in [1.29, 1.82) is 0 Å². The van der Waals surface area contributed by atoms with Gasteiger partial charge in [0.2, 0.25) is 0 Å². The number of ketones is 1. The van der Waals surface area contributed by atoms with Gasteiger partial charge in [-0.2, -0.15) is 0 Å². The summed E-state index contributed by atoms with van der Waals surface area (Å²) >= 11 is 1.52. The number of fused-ring (bicyclic) bond motifs is 1. The van der Waals surface area contributed by atoms with Gasteiger partial charge >= 0.3 is 0 Å². The van der Waals surface area contributed by atoms with Crippen molar-refractivity contribution < 1.29 is 4.79 Å². The Bertz CT molecular complexity index is 1110. The van der Waals surface area contributed by atoms with Crippen molar-refractivity contribution >= 4 is 23.2 Å². The van der Waals surface area contributed by atoms with Gasteiger partial charge in [-0.3, -0.25) is 4.79 Å². The molecule has 4 nitrogen and oxygen atoms in total. The molecular weight excluding hydrogens is 378 g/mol. The third-order valence-electron chi connectivity index (χ3n) is 5.24. The Labute approximate surface area is 175 Å². The number of thiazole rings is 1. The van der Waals surface area contributed by atoms with E-state index in [9.17, 15) is 4.79 Å². The highest BCUT2D eigenvalue weighted by molar-refractivity contribution is 7.13. The zero-order valence-electron chi connectivity index (χ0n) is 17.3. The molecule has 0 saturated carbocycles. The highest BCUT2D eigenvalue weighted by Gasteiger charge is 2.20. The van der Waals surface area contributed by atoms with Gasteiger partial charge in [0.1, 0.15) is 6.33 Å². The summed E-state index contributed by atoms with van der Waals surface area (Å²) in [6, 6.07) is 6.41. The molecule has 1 aromatic carbocycles. The van der Waals surface area contributed by atoms with Crippen molar-refractivity contribution in [3.8, 4) is 11.3 Å². The zero-order chi connectivity index (χ0) is 20.6. The van der Waals surface area contributed by atoms with E-state index in [1.165, 1.54) is 28.0 Å². The molecule has 0 bridgehead atoms. The summed E-state index contributed by atoms with van der Waals surface area (Å²) in [4.78, 5) is 26.7. The van der Waals surface area contributed by atoms with E-state index in [2.05, 4.69) is 73.0 Å². The number of hydrogen-bond donors (Lipinski definition) is 0. The summed E-state index contributed by atoms with van der Waals surface area (Å²) in [5, 5.41) is 1.01. The van der Waals surface area contributed by atoms with Crippen LogP contribution < -0.4 is 0 Å². The van der Waals surface area contributed by atoms with Crippen LogP contribution in [0.1, 0.15) is 64.3 Å². The minimum Gasteiger partial charge on any atom is -0.293 e. The molecule has 5 heteroatoms. The molecule has 3 aromatic rings. The first-order valence-corrected chi connectivity index (χ1v) is 10.7. The summed E-state index contributed by atoms with van der Waals surface area (Å²) in [7, 11) is 0. The van der Waals surface area contributed by atoms with Crippen LogP contribution in [0.2, 0.25) is 0 Å². The van der Waals surface area contributed by atoms with Gasteiger partial charge < -0.3 is 0 Å². The van der Waals surface area contributed by atoms with Gasteiger partial charge in [0.15, 0.2) is 5.78 Å². The van der Waals surface area contributed by atoms with E-state index in [0.717, 1.165) is 39.7 Å². The van der Waals surface area contributed by atoms with Crippen LogP contribution in [0.3, 0.4) is 0 Å². The molecular formula is C24H25N3OS. The average molecular weight is 404 g/mol. The zero-order valence-corrected chi connectivity index (χ0v) is 18.1. The second-order valence-corrected chi connectivity index (χ2v) is 9.57. The number of aryl methyl sites for hydroxylation is 2. The first kappa shape index (κ1) is 19.6. The second kappa shape index (κ2) is 7.64. The summed E-state index contributed by atoms with van der Waals surface area (Å²) in [5.41, 5.74) is 6.69. The fourth-order valence-electron chi connectivity index (χ4n) is 3.55. The maximum absolute atomic E-state index is 12.6. The predicted molar refractivity (Wildman–Crippen MR) is 118 cm³/mol. The molecule has 4 rings (SSSR count). The molecule has 2 heterocycles. The third-order valence-corrected chi connectivity index (χ3v) is 6.70. The molecule has 0 N–H and O–H groups in total. The van der Waals surface area contributed by atoms with Crippen molar-refractivity contribution in [3.63, 3.8) is 0 Å². The molecule has 0 fully saturated rings. The Morgan fingerprint density at radius 1 is 1.17 bits per heavy atom. The second-order valence-electron chi connectivity index (χ2n) is 8.54. The Balaban J connectivity index is 1.47. The van der Waals surface area contributed by atoms with Crippen LogP contribution >= 0.6 is 11.3 Å². The number of carbonyl (C=O) groups excluding carboxylic acids is 1. The van der Waals surface area contributed by atoms with E-state index < -0.39 is 0 Å². The topological polar surface area (TPSA) is 55.7 Å². The van der Waals surface area contributed by atoms with Crippen molar-refractivity contribution in [3.05, 3.63) is 69.1 Å². The van der Waals surface area contributed by atoms with Gasteiger partial charge in [-0.05, 0) is 43.0 Å². The van der Waals surface area contributed by atoms with Crippen molar-refractivity contribution in [2.24, 2.45) is 0 Å². The first-order chi connectivity index (χ1) is 13.8. The van der Waals surface area contributed by atoms with E-state index in [1.54, 1.807) is 12.5 Å². The highest BCUT2D eigenvalue weighted by Crippen LogP contribution is 2.30. The van der Waals surface area contributed by atoms with Crippen LogP contribution in [0.4, 0.5) is 0 Å². The molecule has 29 heavy (non-hydrogen) atoms. The van der Waals surface area contributed by atoms with Crippen LogP contribution in [0.15, 0.2) is 36.8 Å². The molecule has 0 radical (unpaired) electrons. The van der Waals surface area contributed by atoms with Crippen LogP contribution in [-0.4, -0.2) is 20.7 Å². The lowest BCUT2D eigenvalue weighted by molar-refractivity contribution is 0.0986. The van der Waals surface area contributed by atoms with E-state index in [-0.39, 0.29) is 11.2 Å². The van der Waals surface area contributed by atoms with Crippen molar-refractivity contribution in [1.82, 2.24) is 15.0 Å². The number of Topliss-reactive ketones (excluding diaryl/α,β-unsaturated/α-hetero) is 1. The molecule has 148 valence electrons. The quantitative estimate of drug-likeness (QED) is 0.521. The molecule has 2 aromatic heterocycles. The average Bonchev–Trinajstić information content (AvgIpc) is 3.35. The maximum Gasteiger partial charge on any atom is 0.174 e. The van der Waals surface area contributed by atoms with Gasteiger partial charge in [0.25, 0.3) is 0 Å². The molecule has 0 unspecified atom stereocenters. The fraction of sp³-hybridized carbons (Fsp3) is 0.333. The number of carbonyl (C=O) groups is 1. The lowest BCUT2D eigenvalue weighted by Gasteiger charge is -2.13. The lowest BCUT2D eigenvalue weighted by atomic mass is 9.97. The molecule has 0 spiro atoms. The minimum absolute atomic E-state index is 0.0215. The first-order valence-electron chi connectivity index (χ1n) is 9.93. The normalized spacial score (nSPS) is 13.0. The summed E-state index contributed by atoms with van der Waals surface area (Å²) in [5.74, 6) is 0.168. The van der Waals surface area contributed by atoms with E-state index in [1.807, 2.05) is 0 Å². The SMILES string of the molecule is Cc1cc(-c2ncnc3c2CC=C3)ccc1CCC(=O)c1cnc(C(C)(C)C)s1. The Hall–Kier alpha value is -2.66. The van der Waals surface area contributed by atoms with Crippen LogP contribution in [0, 0.1) is 6.92 Å². The fourth-order valence-corrected chi connectivity index (χ4v) is 4.49. The van der Waals surface area contributed by atoms with E-state index in [4.69, 9.17) is 0 Å². The molecule has 0 aliphatic heterocycles. The minimum atomic E-state index is -0.0215. The van der Waals surface area contributed by atoms with Gasteiger partial charge in [-0.25, -0.2) is 15.0 Å². The van der Waals surface area contributed by atoms with Gasteiger partial charge in [0, 0.05) is 29.2 Å². The number of allylic oxidation sites excluding steroid dienone is 1. The Morgan fingerprint density at radius 3 is 2.72 bits per heavy atom. The number of nitrogens with zero attached hydrogens (tertiary/aromatic N) is 3. The summed E-state index contributed by atoms with van der Waals surface area (Å²) in [6.45, 7) is 8.46. The monoisotopic (exact) mass is 403 g/mol. The maximum atomic E-state index is 12.6. The van der Waals surface area contributed by atoms with Gasteiger partial charge in [-0.1, -0.05) is 39.0 Å². The lowest BCUT2D eigenvalue weighted by Crippen LogP contribution is -2.09. The Morgan fingerprint density at radius 2 is 2.00 bits per heavy atom. The molecule has 1 aliphatic carbocycles. The van der Waals surface area contributed by atoms with E-state index in [0.29, 0.717) is 6.42 Å².